The van der Waals surface area contributed by atoms with Gasteiger partial charge in [-0.3, -0.25) is 10.1 Å². The van der Waals surface area contributed by atoms with E-state index in [0.29, 0.717) is 44.0 Å². The zero-order valence-corrected chi connectivity index (χ0v) is 15.0. The van der Waals surface area contributed by atoms with E-state index in [1.165, 1.54) is 0 Å². The molecule has 144 valence electrons. The Bertz CT molecular complexity index is 790. The third-order valence-electron chi connectivity index (χ3n) is 5.55. The lowest BCUT2D eigenvalue weighted by molar-refractivity contribution is -0.125. The highest BCUT2D eigenvalue weighted by Crippen LogP contribution is 2.33. The third-order valence-corrected chi connectivity index (χ3v) is 5.55. The molecule has 9 nitrogen and oxygen atoms in total. The maximum absolute atomic E-state index is 12.4. The second kappa shape index (κ2) is 6.64. The Morgan fingerprint density at radius 1 is 1.26 bits per heavy atom. The normalized spacial score (nSPS) is 24.6. The van der Waals surface area contributed by atoms with E-state index >= 15 is 0 Å². The van der Waals surface area contributed by atoms with Crippen LogP contribution in [0.2, 0.25) is 0 Å². The number of likely N-dealkylation sites (tertiary alicyclic amines) is 1. The Morgan fingerprint density at radius 3 is 2.70 bits per heavy atom. The van der Waals surface area contributed by atoms with Crippen LogP contribution in [0.15, 0.2) is 18.2 Å². The molecule has 0 bridgehead atoms. The molecule has 1 aromatic carbocycles. The van der Waals surface area contributed by atoms with E-state index in [1.54, 1.807) is 11.8 Å². The topological polar surface area (TPSA) is 109 Å². The van der Waals surface area contributed by atoms with Crippen molar-refractivity contribution >= 4 is 18.0 Å². The Balaban J connectivity index is 1.29. The molecule has 0 spiro atoms. The lowest BCUT2D eigenvalue weighted by Crippen LogP contribution is -2.55. The zero-order chi connectivity index (χ0) is 19.0. The predicted molar refractivity (Wildman–Crippen MR) is 94.2 cm³/mol. The van der Waals surface area contributed by atoms with Crippen LogP contribution in [-0.2, 0) is 11.3 Å². The van der Waals surface area contributed by atoms with Crippen LogP contribution in [0.1, 0.15) is 25.3 Å². The van der Waals surface area contributed by atoms with Gasteiger partial charge in [0.2, 0.25) is 6.79 Å². The molecule has 0 aliphatic carbocycles. The monoisotopic (exact) mass is 374 g/mol. The van der Waals surface area contributed by atoms with Crippen molar-refractivity contribution in [1.82, 2.24) is 20.9 Å². The van der Waals surface area contributed by atoms with E-state index in [0.717, 1.165) is 5.56 Å². The number of ether oxygens (including phenoxy) is 2. The van der Waals surface area contributed by atoms with Gasteiger partial charge in [-0.25, -0.2) is 9.59 Å². The van der Waals surface area contributed by atoms with Gasteiger partial charge >= 0.3 is 12.1 Å². The number of nitrogens with one attached hydrogen (secondary N) is 3. The number of rotatable bonds is 3. The largest absolute Gasteiger partial charge is 0.454 e. The van der Waals surface area contributed by atoms with Crippen molar-refractivity contribution in [2.24, 2.45) is 5.92 Å². The van der Waals surface area contributed by atoms with Crippen LogP contribution < -0.4 is 25.4 Å². The van der Waals surface area contributed by atoms with Crippen molar-refractivity contribution in [2.75, 3.05) is 19.9 Å². The van der Waals surface area contributed by atoms with Crippen LogP contribution in [0.5, 0.6) is 11.5 Å². The van der Waals surface area contributed by atoms with Gasteiger partial charge < -0.3 is 25.0 Å². The molecule has 3 N–H and O–H groups in total. The van der Waals surface area contributed by atoms with E-state index < -0.39 is 11.6 Å². The van der Waals surface area contributed by atoms with Gasteiger partial charge in [-0.1, -0.05) is 6.07 Å². The zero-order valence-electron chi connectivity index (χ0n) is 15.0. The number of nitrogens with zero attached hydrogens (tertiary/aromatic N) is 1. The first-order valence-electron chi connectivity index (χ1n) is 9.00. The van der Waals surface area contributed by atoms with Gasteiger partial charge in [-0.15, -0.1) is 0 Å². The summed E-state index contributed by atoms with van der Waals surface area (Å²) in [5.74, 6) is 1.11. The summed E-state index contributed by atoms with van der Waals surface area (Å²) in [5, 5.41) is 7.93. The molecule has 3 heterocycles. The van der Waals surface area contributed by atoms with Crippen LogP contribution in [0.4, 0.5) is 9.59 Å². The minimum atomic E-state index is -0.897. The molecule has 0 radical (unpaired) electrons. The summed E-state index contributed by atoms with van der Waals surface area (Å²) in [6, 6.07) is 4.98. The molecule has 1 atom stereocenters. The molecule has 2 fully saturated rings. The van der Waals surface area contributed by atoms with Gasteiger partial charge in [0, 0.05) is 19.6 Å². The van der Waals surface area contributed by atoms with Crippen molar-refractivity contribution in [3.05, 3.63) is 23.8 Å². The fraction of sp³-hybridized carbons (Fsp3) is 0.500. The van der Waals surface area contributed by atoms with E-state index in [4.69, 9.17) is 9.47 Å². The van der Waals surface area contributed by atoms with E-state index in [1.807, 2.05) is 18.2 Å². The fourth-order valence-electron chi connectivity index (χ4n) is 3.84. The summed E-state index contributed by atoms with van der Waals surface area (Å²) >= 11 is 0. The molecule has 1 aromatic rings. The van der Waals surface area contributed by atoms with Crippen molar-refractivity contribution in [3.63, 3.8) is 0 Å². The third kappa shape index (κ3) is 3.24. The molecular formula is C18H22N4O5. The van der Waals surface area contributed by atoms with E-state index in [-0.39, 0.29) is 24.6 Å². The second-order valence-electron chi connectivity index (χ2n) is 7.22. The number of hydrogen-bond acceptors (Lipinski definition) is 5. The number of hydrogen-bond donors (Lipinski definition) is 3. The standard InChI is InChI=1S/C18H22N4O5/c1-18(15(23)20-16(24)21-18)12-4-6-22(7-5-12)17(25)19-9-11-2-3-13-14(8-11)27-10-26-13/h2-3,8,12H,4-7,9-10H2,1H3,(H,19,25)(H2,20,21,23,24)/t18-/m0/s1. The molecule has 0 unspecified atom stereocenters. The van der Waals surface area contributed by atoms with Gasteiger partial charge in [0.05, 0.1) is 0 Å². The first-order chi connectivity index (χ1) is 13.0. The summed E-state index contributed by atoms with van der Waals surface area (Å²) in [6.45, 7) is 3.43. The lowest BCUT2D eigenvalue weighted by Gasteiger charge is -2.38. The molecule has 5 amide bonds. The Morgan fingerprint density at radius 2 is 2.00 bits per heavy atom. The minimum absolute atomic E-state index is 0.00172. The first kappa shape index (κ1) is 17.4. The second-order valence-corrected chi connectivity index (χ2v) is 7.22. The Hall–Kier alpha value is -2.97. The number of benzene rings is 1. The van der Waals surface area contributed by atoms with Crippen LogP contribution in [0, 0.1) is 5.92 Å². The summed E-state index contributed by atoms with van der Waals surface area (Å²) in [7, 11) is 0. The Kier molecular flexibility index (Phi) is 4.29. The summed E-state index contributed by atoms with van der Waals surface area (Å²) < 4.78 is 10.6. The molecule has 0 aromatic heterocycles. The summed E-state index contributed by atoms with van der Waals surface area (Å²) in [5.41, 5.74) is 0.0342. The minimum Gasteiger partial charge on any atom is -0.454 e. The highest BCUT2D eigenvalue weighted by atomic mass is 16.7. The van der Waals surface area contributed by atoms with Gasteiger partial charge in [-0.2, -0.15) is 0 Å². The number of imide groups is 1. The number of urea groups is 2. The van der Waals surface area contributed by atoms with Crippen molar-refractivity contribution in [2.45, 2.75) is 31.8 Å². The van der Waals surface area contributed by atoms with Crippen LogP contribution in [0.25, 0.3) is 0 Å². The average Bonchev–Trinajstić information content (AvgIpc) is 3.23. The van der Waals surface area contributed by atoms with Crippen molar-refractivity contribution in [1.29, 1.82) is 0 Å². The van der Waals surface area contributed by atoms with Gasteiger partial charge in [0.1, 0.15) is 5.54 Å². The molecule has 9 heteroatoms. The first-order valence-corrected chi connectivity index (χ1v) is 9.00. The number of carbonyl (C=O) groups excluding carboxylic acids is 3. The number of amides is 5. The van der Waals surface area contributed by atoms with Crippen LogP contribution in [0.3, 0.4) is 0 Å². The molecule has 4 rings (SSSR count). The molecular weight excluding hydrogens is 352 g/mol. The summed E-state index contributed by atoms with van der Waals surface area (Å²) in [6.07, 6.45) is 1.31. The highest BCUT2D eigenvalue weighted by Gasteiger charge is 2.48. The number of carbonyl (C=O) groups is 3. The maximum atomic E-state index is 12.4. The average molecular weight is 374 g/mol. The molecule has 27 heavy (non-hydrogen) atoms. The fourth-order valence-corrected chi connectivity index (χ4v) is 3.84. The predicted octanol–water partition coefficient (Wildman–Crippen LogP) is 0.935. The SMILES string of the molecule is C[C@@]1(C2CCN(C(=O)NCc3ccc4c(c3)OCO4)CC2)NC(=O)NC1=O. The van der Waals surface area contributed by atoms with Crippen molar-refractivity contribution in [3.8, 4) is 11.5 Å². The van der Waals surface area contributed by atoms with Crippen molar-refractivity contribution < 1.29 is 23.9 Å². The van der Waals surface area contributed by atoms with E-state index in [2.05, 4.69) is 16.0 Å². The van der Waals surface area contributed by atoms with Crippen LogP contribution in [-0.4, -0.2) is 48.3 Å². The van der Waals surface area contributed by atoms with E-state index in [9.17, 15) is 14.4 Å². The lowest BCUT2D eigenvalue weighted by atomic mass is 9.79. The van der Waals surface area contributed by atoms with Gasteiger partial charge in [0.25, 0.3) is 5.91 Å². The molecule has 3 aliphatic heterocycles. The highest BCUT2D eigenvalue weighted by molar-refractivity contribution is 6.07. The number of fused-ring (bicyclic) bond motifs is 1. The molecule has 3 aliphatic rings. The molecule has 2 saturated heterocycles. The van der Waals surface area contributed by atoms with Gasteiger partial charge in [0.15, 0.2) is 11.5 Å². The van der Waals surface area contributed by atoms with Gasteiger partial charge in [-0.05, 0) is 43.4 Å². The number of piperidine rings is 1. The Labute approximate surface area is 156 Å². The summed E-state index contributed by atoms with van der Waals surface area (Å²) in [4.78, 5) is 37.7. The van der Waals surface area contributed by atoms with Crippen LogP contribution >= 0.6 is 0 Å². The molecule has 0 saturated carbocycles. The maximum Gasteiger partial charge on any atom is 0.322 e. The smallest absolute Gasteiger partial charge is 0.322 e. The quantitative estimate of drug-likeness (QED) is 0.682.